The first kappa shape index (κ1) is 11.1. The Morgan fingerprint density at radius 3 is 3.14 bits per heavy atom. The molecule has 0 radical (unpaired) electrons. The molecule has 1 aromatic heterocycles. The van der Waals surface area contributed by atoms with Crippen LogP contribution in [0, 0.1) is 0 Å². The summed E-state index contributed by atoms with van der Waals surface area (Å²) in [7, 11) is 0. The molecule has 2 nitrogen and oxygen atoms in total. The van der Waals surface area contributed by atoms with Gasteiger partial charge in [0.2, 0.25) is 0 Å². The van der Waals surface area contributed by atoms with Crippen LogP contribution in [-0.2, 0) is 0 Å². The molecule has 0 fully saturated rings. The first-order valence-corrected chi connectivity index (χ1v) is 5.09. The molecule has 0 amide bonds. The van der Waals surface area contributed by atoms with E-state index in [1.165, 1.54) is 0 Å². The van der Waals surface area contributed by atoms with Gasteiger partial charge in [0.05, 0.1) is 5.69 Å². The molecule has 1 atom stereocenters. The van der Waals surface area contributed by atoms with Crippen LogP contribution in [0.4, 0.5) is 5.69 Å². The average molecular weight is 211 g/mol. The minimum absolute atomic E-state index is 0.384. The quantitative estimate of drug-likeness (QED) is 0.595. The topological polar surface area (TPSA) is 24.9 Å². The molecule has 0 aliphatic rings. The minimum atomic E-state index is 0.384. The lowest BCUT2D eigenvalue weighted by Gasteiger charge is -2.14. The van der Waals surface area contributed by atoms with Gasteiger partial charge < -0.3 is 5.32 Å². The van der Waals surface area contributed by atoms with E-state index in [9.17, 15) is 0 Å². The average Bonchev–Trinajstić information content (AvgIpc) is 2.18. The van der Waals surface area contributed by atoms with E-state index >= 15 is 0 Å². The van der Waals surface area contributed by atoms with Gasteiger partial charge >= 0.3 is 0 Å². The SMILES string of the molecule is C=CCCC(C)Nc1cccnc1Cl. The number of halogens is 1. The molecular weight excluding hydrogens is 196 g/mol. The largest absolute Gasteiger partial charge is 0.380 e. The van der Waals surface area contributed by atoms with E-state index in [2.05, 4.69) is 23.8 Å². The number of nitrogens with one attached hydrogen (secondary N) is 1. The van der Waals surface area contributed by atoms with Gasteiger partial charge in [-0.25, -0.2) is 4.98 Å². The molecule has 1 N–H and O–H groups in total. The predicted molar refractivity (Wildman–Crippen MR) is 61.8 cm³/mol. The molecule has 0 bridgehead atoms. The van der Waals surface area contributed by atoms with Gasteiger partial charge in [-0.15, -0.1) is 6.58 Å². The number of rotatable bonds is 5. The van der Waals surface area contributed by atoms with Gasteiger partial charge in [0, 0.05) is 12.2 Å². The highest BCUT2D eigenvalue weighted by molar-refractivity contribution is 6.31. The molecule has 0 saturated heterocycles. The number of allylic oxidation sites excluding steroid dienone is 1. The Bertz CT molecular complexity index is 299. The number of aromatic nitrogens is 1. The summed E-state index contributed by atoms with van der Waals surface area (Å²) in [5.74, 6) is 0. The van der Waals surface area contributed by atoms with E-state index in [0.717, 1.165) is 18.5 Å². The van der Waals surface area contributed by atoms with Crippen molar-refractivity contribution in [3.05, 3.63) is 36.1 Å². The molecule has 1 unspecified atom stereocenters. The second kappa shape index (κ2) is 5.66. The van der Waals surface area contributed by atoms with Gasteiger partial charge in [0.1, 0.15) is 0 Å². The lowest BCUT2D eigenvalue weighted by molar-refractivity contribution is 0.718. The molecule has 0 saturated carbocycles. The summed E-state index contributed by atoms with van der Waals surface area (Å²) in [4.78, 5) is 4.00. The molecule has 0 spiro atoms. The fraction of sp³-hybridized carbons (Fsp3) is 0.364. The van der Waals surface area contributed by atoms with E-state index in [0.29, 0.717) is 11.2 Å². The summed E-state index contributed by atoms with van der Waals surface area (Å²) in [6.07, 6.45) is 5.66. The van der Waals surface area contributed by atoms with Crippen molar-refractivity contribution in [3.8, 4) is 0 Å². The number of anilines is 1. The van der Waals surface area contributed by atoms with E-state index < -0.39 is 0 Å². The van der Waals surface area contributed by atoms with Crippen LogP contribution in [0.3, 0.4) is 0 Å². The summed E-state index contributed by atoms with van der Waals surface area (Å²) in [5.41, 5.74) is 0.894. The Morgan fingerprint density at radius 1 is 1.71 bits per heavy atom. The summed E-state index contributed by atoms with van der Waals surface area (Å²) in [6, 6.07) is 4.18. The van der Waals surface area contributed by atoms with Crippen molar-refractivity contribution in [3.63, 3.8) is 0 Å². The monoisotopic (exact) mass is 210 g/mol. The number of pyridine rings is 1. The Morgan fingerprint density at radius 2 is 2.50 bits per heavy atom. The number of nitrogens with zero attached hydrogens (tertiary/aromatic N) is 1. The molecule has 1 aromatic rings. The summed E-state index contributed by atoms with van der Waals surface area (Å²) < 4.78 is 0. The van der Waals surface area contributed by atoms with E-state index in [1.54, 1.807) is 6.20 Å². The van der Waals surface area contributed by atoms with Gasteiger partial charge in [-0.05, 0) is 31.9 Å². The molecule has 76 valence electrons. The standard InChI is InChI=1S/C11H15ClN2/c1-3-4-6-9(2)14-10-7-5-8-13-11(10)12/h3,5,7-9,14H,1,4,6H2,2H3. The van der Waals surface area contributed by atoms with Crippen LogP contribution < -0.4 is 5.32 Å². The van der Waals surface area contributed by atoms with Crippen molar-refractivity contribution < 1.29 is 0 Å². The normalized spacial score (nSPS) is 12.1. The zero-order valence-electron chi connectivity index (χ0n) is 8.33. The Hall–Kier alpha value is -1.02. The highest BCUT2D eigenvalue weighted by Crippen LogP contribution is 2.19. The molecule has 14 heavy (non-hydrogen) atoms. The second-order valence-corrected chi connectivity index (χ2v) is 3.61. The second-order valence-electron chi connectivity index (χ2n) is 3.25. The third kappa shape index (κ3) is 3.38. The van der Waals surface area contributed by atoms with Crippen LogP contribution in [0.2, 0.25) is 5.15 Å². The van der Waals surface area contributed by atoms with Crippen molar-refractivity contribution in [1.29, 1.82) is 0 Å². The van der Waals surface area contributed by atoms with Crippen LogP contribution in [-0.4, -0.2) is 11.0 Å². The third-order valence-corrected chi connectivity index (χ3v) is 2.27. The van der Waals surface area contributed by atoms with Crippen LogP contribution >= 0.6 is 11.6 Å². The maximum absolute atomic E-state index is 5.91. The predicted octanol–water partition coefficient (Wildman–Crippen LogP) is 3.50. The molecule has 0 aromatic carbocycles. The van der Waals surface area contributed by atoms with Gasteiger partial charge in [0.25, 0.3) is 0 Å². The van der Waals surface area contributed by atoms with Crippen molar-refractivity contribution in [2.24, 2.45) is 0 Å². The molecule has 1 heterocycles. The van der Waals surface area contributed by atoms with Crippen LogP contribution in [0.25, 0.3) is 0 Å². The summed E-state index contributed by atoms with van der Waals surface area (Å²) in [5, 5.41) is 3.83. The molecule has 0 aliphatic carbocycles. The van der Waals surface area contributed by atoms with Gasteiger partial charge in [0.15, 0.2) is 5.15 Å². The maximum Gasteiger partial charge on any atom is 0.152 e. The fourth-order valence-corrected chi connectivity index (χ4v) is 1.37. The smallest absolute Gasteiger partial charge is 0.152 e. The van der Waals surface area contributed by atoms with Crippen LogP contribution in [0.15, 0.2) is 31.0 Å². The number of hydrogen-bond acceptors (Lipinski definition) is 2. The van der Waals surface area contributed by atoms with Crippen LogP contribution in [0.5, 0.6) is 0 Å². The van der Waals surface area contributed by atoms with Gasteiger partial charge in [-0.2, -0.15) is 0 Å². The fourth-order valence-electron chi connectivity index (χ4n) is 1.20. The van der Waals surface area contributed by atoms with Gasteiger partial charge in [-0.3, -0.25) is 0 Å². The number of hydrogen-bond donors (Lipinski definition) is 1. The lowest BCUT2D eigenvalue weighted by atomic mass is 10.2. The van der Waals surface area contributed by atoms with Crippen molar-refractivity contribution >= 4 is 17.3 Å². The Labute approximate surface area is 90.0 Å². The molecule has 1 rings (SSSR count). The first-order valence-electron chi connectivity index (χ1n) is 4.72. The Balaban J connectivity index is 2.51. The zero-order chi connectivity index (χ0) is 10.4. The molecule has 3 heteroatoms. The summed E-state index contributed by atoms with van der Waals surface area (Å²) in [6.45, 7) is 5.81. The van der Waals surface area contributed by atoms with E-state index in [1.807, 2.05) is 18.2 Å². The van der Waals surface area contributed by atoms with Crippen LogP contribution in [0.1, 0.15) is 19.8 Å². The first-order chi connectivity index (χ1) is 6.74. The zero-order valence-corrected chi connectivity index (χ0v) is 9.09. The van der Waals surface area contributed by atoms with E-state index in [-0.39, 0.29) is 0 Å². The molecule has 0 aliphatic heterocycles. The summed E-state index contributed by atoms with van der Waals surface area (Å²) >= 11 is 5.91. The molecular formula is C11H15ClN2. The highest BCUT2D eigenvalue weighted by Gasteiger charge is 2.03. The Kier molecular flexibility index (Phi) is 4.47. The third-order valence-electron chi connectivity index (χ3n) is 1.96. The van der Waals surface area contributed by atoms with E-state index in [4.69, 9.17) is 11.6 Å². The van der Waals surface area contributed by atoms with Crippen molar-refractivity contribution in [1.82, 2.24) is 4.98 Å². The lowest BCUT2D eigenvalue weighted by Crippen LogP contribution is -2.14. The minimum Gasteiger partial charge on any atom is -0.380 e. The maximum atomic E-state index is 5.91. The van der Waals surface area contributed by atoms with Crippen molar-refractivity contribution in [2.75, 3.05) is 5.32 Å². The highest BCUT2D eigenvalue weighted by atomic mass is 35.5. The van der Waals surface area contributed by atoms with Crippen molar-refractivity contribution in [2.45, 2.75) is 25.8 Å². The van der Waals surface area contributed by atoms with Gasteiger partial charge in [-0.1, -0.05) is 17.7 Å².